The molecule has 0 aliphatic heterocycles. The van der Waals surface area contributed by atoms with Crippen molar-refractivity contribution in [1.82, 2.24) is 10.3 Å². The zero-order chi connectivity index (χ0) is 27.6. The van der Waals surface area contributed by atoms with Crippen LogP contribution in [0.2, 0.25) is 0 Å². The second-order valence-electron chi connectivity index (χ2n) is 9.68. The standard InChI is InChI=1S/C27H30N4O6S/c1-16-6-8-19(9-7-16)24-23(26(34)29-2)21-14-20(18-10-11-18)25(30-27(21)37-24)31(38(3,35)36)12-4-5-17(15-28)13-22(32)33/h6-9,14,17-18H,4-5,10-13H2,1-3H3,(H,29,34)(H,32,33). The van der Waals surface area contributed by atoms with Gasteiger partial charge in [0, 0.05) is 19.2 Å². The van der Waals surface area contributed by atoms with Crippen LogP contribution in [0.25, 0.3) is 22.4 Å². The minimum Gasteiger partial charge on any atom is -0.481 e. The van der Waals surface area contributed by atoms with E-state index < -0.39 is 21.9 Å². The van der Waals surface area contributed by atoms with Crippen molar-refractivity contribution in [2.24, 2.45) is 5.92 Å². The molecule has 10 nitrogen and oxygen atoms in total. The average Bonchev–Trinajstić information content (AvgIpc) is 3.64. The number of aromatic nitrogens is 1. The molecule has 0 bridgehead atoms. The molecule has 1 unspecified atom stereocenters. The number of carbonyl (C=O) groups excluding carboxylic acids is 1. The van der Waals surface area contributed by atoms with Gasteiger partial charge < -0.3 is 14.8 Å². The summed E-state index contributed by atoms with van der Waals surface area (Å²) in [6, 6.07) is 11.3. The fraction of sp³-hybridized carbons (Fsp3) is 0.407. The molecule has 2 N–H and O–H groups in total. The number of nitrogens with zero attached hydrogens (tertiary/aromatic N) is 3. The van der Waals surface area contributed by atoms with E-state index in [1.807, 2.05) is 43.3 Å². The van der Waals surface area contributed by atoms with Crippen LogP contribution >= 0.6 is 0 Å². The van der Waals surface area contributed by atoms with Crippen molar-refractivity contribution in [3.63, 3.8) is 0 Å². The SMILES string of the molecule is CNC(=O)c1c(-c2ccc(C)cc2)oc2nc(N(CCCC(C#N)CC(=O)O)S(C)(=O)=O)c(C3CC3)cc12. The van der Waals surface area contributed by atoms with Gasteiger partial charge in [-0.3, -0.25) is 13.9 Å². The second-order valence-corrected chi connectivity index (χ2v) is 11.6. The van der Waals surface area contributed by atoms with Crippen molar-refractivity contribution < 1.29 is 27.5 Å². The normalized spacial score (nSPS) is 14.2. The molecule has 0 spiro atoms. The molecule has 1 saturated carbocycles. The Morgan fingerprint density at radius 3 is 2.53 bits per heavy atom. The first-order valence-corrected chi connectivity index (χ1v) is 14.2. The summed E-state index contributed by atoms with van der Waals surface area (Å²) in [6.45, 7) is 1.99. The third-order valence-corrected chi connectivity index (χ3v) is 7.79. The summed E-state index contributed by atoms with van der Waals surface area (Å²) in [4.78, 5) is 28.6. The zero-order valence-electron chi connectivity index (χ0n) is 21.5. The lowest BCUT2D eigenvalue weighted by atomic mass is 10.0. The number of fused-ring (bicyclic) bond motifs is 1. The molecular weight excluding hydrogens is 508 g/mol. The Kier molecular flexibility index (Phi) is 7.73. The highest BCUT2D eigenvalue weighted by atomic mass is 32.2. The smallest absolute Gasteiger partial charge is 0.304 e. The van der Waals surface area contributed by atoms with Gasteiger partial charge in [-0.15, -0.1) is 0 Å². The van der Waals surface area contributed by atoms with Crippen LogP contribution in [0.5, 0.6) is 0 Å². The monoisotopic (exact) mass is 538 g/mol. The number of hydrogen-bond donors (Lipinski definition) is 2. The van der Waals surface area contributed by atoms with Crippen LogP contribution in [0.15, 0.2) is 34.7 Å². The highest BCUT2D eigenvalue weighted by molar-refractivity contribution is 7.92. The topological polar surface area (TPSA) is 154 Å². The second kappa shape index (κ2) is 10.8. The molecule has 1 amide bonds. The number of anilines is 1. The maximum absolute atomic E-state index is 13.0. The van der Waals surface area contributed by atoms with Gasteiger partial charge in [0.05, 0.1) is 35.6 Å². The van der Waals surface area contributed by atoms with E-state index in [1.165, 1.54) is 11.4 Å². The van der Waals surface area contributed by atoms with Crippen molar-refractivity contribution in [3.05, 3.63) is 47.0 Å². The average molecular weight is 539 g/mol. The molecule has 1 fully saturated rings. The van der Waals surface area contributed by atoms with Crippen LogP contribution in [-0.4, -0.2) is 50.2 Å². The third kappa shape index (κ3) is 5.81. The number of carboxylic acid groups (broad SMARTS) is 1. The molecule has 200 valence electrons. The number of amides is 1. The molecule has 1 atom stereocenters. The highest BCUT2D eigenvalue weighted by Crippen LogP contribution is 2.46. The van der Waals surface area contributed by atoms with Gasteiger partial charge in [0.1, 0.15) is 11.6 Å². The summed E-state index contributed by atoms with van der Waals surface area (Å²) in [5.41, 5.74) is 2.94. The number of aryl methyl sites for hydroxylation is 1. The van der Waals surface area contributed by atoms with Crippen molar-refractivity contribution >= 4 is 38.8 Å². The van der Waals surface area contributed by atoms with E-state index >= 15 is 0 Å². The Balaban J connectivity index is 1.80. The molecule has 2 aromatic heterocycles. The Bertz CT molecular complexity index is 1520. The number of nitrogens with one attached hydrogen (secondary N) is 1. The first kappa shape index (κ1) is 27.1. The van der Waals surface area contributed by atoms with E-state index in [9.17, 15) is 23.3 Å². The molecular formula is C27H30N4O6S. The Labute approximate surface area is 221 Å². The van der Waals surface area contributed by atoms with E-state index in [-0.39, 0.29) is 49.2 Å². The van der Waals surface area contributed by atoms with Crippen LogP contribution in [0.3, 0.4) is 0 Å². The number of aliphatic carboxylic acids is 1. The van der Waals surface area contributed by atoms with Gasteiger partial charge in [0.25, 0.3) is 5.91 Å². The molecule has 2 heterocycles. The van der Waals surface area contributed by atoms with Crippen molar-refractivity contribution in [2.45, 2.75) is 44.9 Å². The molecule has 0 radical (unpaired) electrons. The van der Waals surface area contributed by atoms with Crippen LogP contribution in [0.1, 0.15) is 59.5 Å². The van der Waals surface area contributed by atoms with E-state index in [1.54, 1.807) is 0 Å². The van der Waals surface area contributed by atoms with Gasteiger partial charge in [-0.2, -0.15) is 10.2 Å². The largest absolute Gasteiger partial charge is 0.481 e. The lowest BCUT2D eigenvalue weighted by Gasteiger charge is -2.24. The quantitative estimate of drug-likeness (QED) is 0.368. The van der Waals surface area contributed by atoms with Gasteiger partial charge in [-0.25, -0.2) is 8.42 Å². The van der Waals surface area contributed by atoms with Gasteiger partial charge in [-0.05, 0) is 50.2 Å². The summed E-state index contributed by atoms with van der Waals surface area (Å²) in [7, 11) is -2.24. The first-order chi connectivity index (χ1) is 18.0. The van der Waals surface area contributed by atoms with Gasteiger partial charge in [0.15, 0.2) is 0 Å². The third-order valence-electron chi connectivity index (χ3n) is 6.63. The maximum Gasteiger partial charge on any atom is 0.304 e. The fourth-order valence-corrected chi connectivity index (χ4v) is 5.44. The predicted octanol–water partition coefficient (Wildman–Crippen LogP) is 4.20. The summed E-state index contributed by atoms with van der Waals surface area (Å²) in [6.07, 6.45) is 3.02. The molecule has 38 heavy (non-hydrogen) atoms. The van der Waals surface area contributed by atoms with Gasteiger partial charge in [0.2, 0.25) is 15.7 Å². The minimum absolute atomic E-state index is 0.0304. The van der Waals surface area contributed by atoms with E-state index in [4.69, 9.17) is 9.52 Å². The van der Waals surface area contributed by atoms with Crippen molar-refractivity contribution in [3.8, 4) is 17.4 Å². The summed E-state index contributed by atoms with van der Waals surface area (Å²) in [5, 5.41) is 21.4. The molecule has 4 rings (SSSR count). The van der Waals surface area contributed by atoms with E-state index in [2.05, 4.69) is 10.3 Å². The van der Waals surface area contributed by atoms with Crippen LogP contribution < -0.4 is 9.62 Å². The summed E-state index contributed by atoms with van der Waals surface area (Å²) >= 11 is 0. The van der Waals surface area contributed by atoms with E-state index in [0.29, 0.717) is 27.8 Å². The number of pyridine rings is 1. The van der Waals surface area contributed by atoms with Crippen LogP contribution in [0, 0.1) is 24.2 Å². The molecule has 1 aromatic carbocycles. The Hall–Kier alpha value is -3.91. The van der Waals surface area contributed by atoms with Crippen LogP contribution in [0.4, 0.5) is 5.82 Å². The number of furan rings is 1. The Morgan fingerprint density at radius 1 is 1.29 bits per heavy atom. The first-order valence-electron chi connectivity index (χ1n) is 12.4. The highest BCUT2D eigenvalue weighted by Gasteiger charge is 2.34. The number of carbonyl (C=O) groups is 2. The van der Waals surface area contributed by atoms with Crippen LogP contribution in [-0.2, 0) is 14.8 Å². The molecule has 3 aromatic rings. The lowest BCUT2D eigenvalue weighted by molar-refractivity contribution is -0.137. The zero-order valence-corrected chi connectivity index (χ0v) is 22.3. The number of sulfonamides is 1. The van der Waals surface area contributed by atoms with Crippen molar-refractivity contribution in [2.75, 3.05) is 24.2 Å². The van der Waals surface area contributed by atoms with Crippen molar-refractivity contribution in [1.29, 1.82) is 5.26 Å². The molecule has 1 aliphatic carbocycles. The fourth-order valence-electron chi connectivity index (χ4n) is 4.52. The predicted molar refractivity (Wildman–Crippen MR) is 142 cm³/mol. The number of nitriles is 1. The number of rotatable bonds is 11. The Morgan fingerprint density at radius 2 is 1.97 bits per heavy atom. The summed E-state index contributed by atoms with van der Waals surface area (Å²) < 4.78 is 33.1. The van der Waals surface area contributed by atoms with Gasteiger partial charge >= 0.3 is 5.97 Å². The maximum atomic E-state index is 13.0. The number of hydrogen-bond acceptors (Lipinski definition) is 7. The summed E-state index contributed by atoms with van der Waals surface area (Å²) in [5.74, 6) is -1.45. The van der Waals surface area contributed by atoms with Gasteiger partial charge in [-0.1, -0.05) is 29.8 Å². The number of benzene rings is 1. The number of carboxylic acids is 1. The van der Waals surface area contributed by atoms with E-state index in [0.717, 1.165) is 24.7 Å². The molecule has 0 saturated heterocycles. The molecule has 11 heteroatoms. The lowest BCUT2D eigenvalue weighted by Crippen LogP contribution is -2.33. The molecule has 1 aliphatic rings. The minimum atomic E-state index is -3.77.